The van der Waals surface area contributed by atoms with Crippen LogP contribution in [0.4, 0.5) is 0 Å². The zero-order valence-corrected chi connectivity index (χ0v) is 10.8. The average Bonchev–Trinajstić information content (AvgIpc) is 2.91. The van der Waals surface area contributed by atoms with E-state index in [1.165, 1.54) is 0 Å². The zero-order valence-electron chi connectivity index (χ0n) is 10.8. The van der Waals surface area contributed by atoms with Crippen LogP contribution < -0.4 is 11.3 Å². The fourth-order valence-electron chi connectivity index (χ4n) is 2.48. The average molecular weight is 270 g/mol. The summed E-state index contributed by atoms with van der Waals surface area (Å²) >= 11 is 0. The molecule has 3 aromatic rings. The summed E-state index contributed by atoms with van der Waals surface area (Å²) in [5, 5.41) is 7.92. The second kappa shape index (κ2) is 4.90. The third-order valence-electron chi connectivity index (χ3n) is 3.41. The molecule has 0 saturated carbocycles. The van der Waals surface area contributed by atoms with E-state index >= 15 is 0 Å². The largest absolute Gasteiger partial charge is 0.330 e. The number of nitrogens with zero attached hydrogens (tertiary/aromatic N) is 2. The molecule has 6 heteroatoms. The Labute approximate surface area is 114 Å². The highest BCUT2D eigenvalue weighted by molar-refractivity contribution is 6.07. The van der Waals surface area contributed by atoms with Crippen LogP contribution in [0.3, 0.4) is 0 Å². The molecule has 0 aliphatic rings. The van der Waals surface area contributed by atoms with Crippen LogP contribution in [0.2, 0.25) is 0 Å². The summed E-state index contributed by atoms with van der Waals surface area (Å²) in [6, 6.07) is 7.53. The minimum absolute atomic E-state index is 0.206. The molecule has 0 radical (unpaired) electrons. The first-order chi connectivity index (χ1) is 9.77. The number of rotatable bonds is 4. The molecule has 0 aliphatic carbocycles. The molecule has 0 unspecified atom stereocenters. The van der Waals surface area contributed by atoms with Crippen LogP contribution >= 0.6 is 0 Å². The predicted octanol–water partition coefficient (Wildman–Crippen LogP) is 1.04. The van der Waals surface area contributed by atoms with Crippen LogP contribution in [-0.2, 0) is 6.54 Å². The Morgan fingerprint density at radius 1 is 1.35 bits per heavy atom. The number of carbonyl (C=O) groups excluding carboxylic acids is 1. The summed E-state index contributed by atoms with van der Waals surface area (Å²) in [5.41, 5.74) is 6.89. The number of aromatic amines is 1. The van der Waals surface area contributed by atoms with E-state index < -0.39 is 0 Å². The third kappa shape index (κ3) is 1.73. The number of fused-ring (bicyclic) bond motifs is 3. The van der Waals surface area contributed by atoms with Crippen LogP contribution in [-0.4, -0.2) is 27.6 Å². The van der Waals surface area contributed by atoms with E-state index in [0.29, 0.717) is 36.7 Å². The Morgan fingerprint density at radius 3 is 2.90 bits per heavy atom. The van der Waals surface area contributed by atoms with Crippen molar-refractivity contribution in [3.8, 4) is 0 Å². The number of aldehydes is 1. The molecule has 1 aromatic carbocycles. The van der Waals surface area contributed by atoms with Gasteiger partial charge in [-0.25, -0.2) is 0 Å². The van der Waals surface area contributed by atoms with Crippen molar-refractivity contribution in [3.05, 3.63) is 40.3 Å². The highest BCUT2D eigenvalue weighted by Crippen LogP contribution is 2.22. The molecule has 2 heterocycles. The van der Waals surface area contributed by atoms with E-state index in [2.05, 4.69) is 10.2 Å². The van der Waals surface area contributed by atoms with E-state index in [9.17, 15) is 9.59 Å². The van der Waals surface area contributed by atoms with Gasteiger partial charge in [0.1, 0.15) is 11.2 Å². The first-order valence-electron chi connectivity index (χ1n) is 6.42. The fraction of sp³-hybridized carbons (Fsp3) is 0.214. The number of carbonyl (C=O) groups is 1. The van der Waals surface area contributed by atoms with Gasteiger partial charge in [-0.05, 0) is 19.0 Å². The van der Waals surface area contributed by atoms with Gasteiger partial charge in [0, 0.05) is 11.9 Å². The highest BCUT2D eigenvalue weighted by atomic mass is 16.1. The fourth-order valence-corrected chi connectivity index (χ4v) is 2.48. The Kier molecular flexibility index (Phi) is 3.08. The number of pyridine rings is 1. The van der Waals surface area contributed by atoms with E-state index in [-0.39, 0.29) is 11.3 Å². The third-order valence-corrected chi connectivity index (χ3v) is 3.41. The highest BCUT2D eigenvalue weighted by Gasteiger charge is 2.16. The minimum atomic E-state index is -0.206. The van der Waals surface area contributed by atoms with Crippen molar-refractivity contribution in [2.75, 3.05) is 6.54 Å². The maximum atomic E-state index is 12.6. The number of hydrogen-bond donors (Lipinski definition) is 2. The van der Waals surface area contributed by atoms with Gasteiger partial charge in [-0.15, -0.1) is 0 Å². The summed E-state index contributed by atoms with van der Waals surface area (Å²) in [6.07, 6.45) is 1.32. The molecule has 102 valence electrons. The topological polar surface area (TPSA) is 93.8 Å². The molecule has 0 aliphatic heterocycles. The monoisotopic (exact) mass is 270 g/mol. The molecule has 2 aromatic heterocycles. The second-order valence-electron chi connectivity index (χ2n) is 4.59. The van der Waals surface area contributed by atoms with Gasteiger partial charge in [-0.1, -0.05) is 18.2 Å². The van der Waals surface area contributed by atoms with Gasteiger partial charge >= 0.3 is 0 Å². The SMILES string of the molecule is NCCCn1c(=O)c2c(C=O)[nH]nc2c2ccccc21. The van der Waals surface area contributed by atoms with Gasteiger partial charge in [-0.2, -0.15) is 5.10 Å². The molecular weight excluding hydrogens is 256 g/mol. The number of para-hydroxylation sites is 1. The van der Waals surface area contributed by atoms with Gasteiger partial charge in [0.05, 0.1) is 10.9 Å². The van der Waals surface area contributed by atoms with Crippen molar-refractivity contribution in [1.82, 2.24) is 14.8 Å². The van der Waals surface area contributed by atoms with Crippen molar-refractivity contribution in [2.45, 2.75) is 13.0 Å². The summed E-state index contributed by atoms with van der Waals surface area (Å²) in [6.45, 7) is 1.03. The smallest absolute Gasteiger partial charge is 0.262 e. The van der Waals surface area contributed by atoms with Crippen LogP contribution in [0.25, 0.3) is 21.8 Å². The van der Waals surface area contributed by atoms with Crippen LogP contribution in [0, 0.1) is 0 Å². The molecule has 20 heavy (non-hydrogen) atoms. The van der Waals surface area contributed by atoms with E-state index in [1.54, 1.807) is 4.57 Å². The predicted molar refractivity (Wildman–Crippen MR) is 76.9 cm³/mol. The lowest BCUT2D eigenvalue weighted by molar-refractivity contribution is 0.112. The maximum absolute atomic E-state index is 12.6. The summed E-state index contributed by atoms with van der Waals surface area (Å²) < 4.78 is 1.66. The molecule has 3 rings (SSSR count). The van der Waals surface area contributed by atoms with Crippen LogP contribution in [0.1, 0.15) is 16.9 Å². The van der Waals surface area contributed by atoms with Crippen molar-refractivity contribution < 1.29 is 4.79 Å². The second-order valence-corrected chi connectivity index (χ2v) is 4.59. The van der Waals surface area contributed by atoms with Crippen molar-refractivity contribution in [1.29, 1.82) is 0 Å². The normalized spacial score (nSPS) is 11.2. The molecule has 0 atom stereocenters. The van der Waals surface area contributed by atoms with Crippen LogP contribution in [0.5, 0.6) is 0 Å². The molecule has 0 spiro atoms. The quantitative estimate of drug-likeness (QED) is 0.692. The summed E-state index contributed by atoms with van der Waals surface area (Å²) in [7, 11) is 0. The molecule has 6 nitrogen and oxygen atoms in total. The number of aromatic nitrogens is 3. The first kappa shape index (κ1) is 12.6. The molecule has 3 N–H and O–H groups in total. The maximum Gasteiger partial charge on any atom is 0.262 e. The lowest BCUT2D eigenvalue weighted by Crippen LogP contribution is -2.22. The van der Waals surface area contributed by atoms with Gasteiger partial charge < -0.3 is 10.3 Å². The van der Waals surface area contributed by atoms with E-state index in [0.717, 1.165) is 10.9 Å². The van der Waals surface area contributed by atoms with Crippen molar-refractivity contribution >= 4 is 28.1 Å². The van der Waals surface area contributed by atoms with E-state index in [4.69, 9.17) is 5.73 Å². The van der Waals surface area contributed by atoms with Crippen LogP contribution in [0.15, 0.2) is 29.1 Å². The minimum Gasteiger partial charge on any atom is -0.330 e. The summed E-state index contributed by atoms with van der Waals surface area (Å²) in [4.78, 5) is 23.6. The van der Waals surface area contributed by atoms with Crippen molar-refractivity contribution in [3.63, 3.8) is 0 Å². The number of benzene rings is 1. The van der Waals surface area contributed by atoms with Gasteiger partial charge in [0.25, 0.3) is 5.56 Å². The molecule has 0 bridgehead atoms. The van der Waals surface area contributed by atoms with Crippen molar-refractivity contribution in [2.24, 2.45) is 5.73 Å². The molecule has 0 amide bonds. The molecule has 0 fully saturated rings. The lowest BCUT2D eigenvalue weighted by atomic mass is 10.1. The first-order valence-corrected chi connectivity index (χ1v) is 6.42. The number of aryl methyl sites for hydroxylation is 1. The Morgan fingerprint density at radius 2 is 2.15 bits per heavy atom. The standard InChI is InChI=1S/C14H14N4O2/c15-6-3-7-18-11-5-2-1-4-9(11)13-12(14(18)20)10(8-19)16-17-13/h1-2,4-5,8H,3,6-7,15H2,(H,16,17). The number of H-pyrrole nitrogens is 1. The Balaban J connectivity index is 2.46. The Hall–Kier alpha value is -2.47. The summed E-state index contributed by atoms with van der Waals surface area (Å²) in [5.74, 6) is 0. The number of hydrogen-bond acceptors (Lipinski definition) is 4. The molecule has 0 saturated heterocycles. The molecular formula is C14H14N4O2. The number of nitrogens with two attached hydrogens (primary N) is 1. The van der Waals surface area contributed by atoms with Gasteiger partial charge in [-0.3, -0.25) is 14.7 Å². The number of nitrogens with one attached hydrogen (secondary N) is 1. The van der Waals surface area contributed by atoms with Gasteiger partial charge in [0.15, 0.2) is 6.29 Å². The van der Waals surface area contributed by atoms with Gasteiger partial charge in [0.2, 0.25) is 0 Å². The van der Waals surface area contributed by atoms with E-state index in [1.807, 2.05) is 24.3 Å². The zero-order chi connectivity index (χ0) is 14.1. The lowest BCUT2D eigenvalue weighted by Gasteiger charge is -2.10. The Bertz CT molecular complexity index is 847.